The third-order valence-electron chi connectivity index (χ3n) is 8.01. The summed E-state index contributed by atoms with van der Waals surface area (Å²) in [6.45, 7) is 4.98. The van der Waals surface area contributed by atoms with Gasteiger partial charge in [-0.25, -0.2) is 8.42 Å². The van der Waals surface area contributed by atoms with Crippen LogP contribution in [0.1, 0.15) is 54.3 Å². The molecule has 2 aliphatic heterocycles. The molecule has 1 fully saturated rings. The fourth-order valence-corrected chi connectivity index (χ4v) is 6.71. The standard InChI is InChI=1S/C28H36N4O5S/c1-2-38(36,37)19-9-10-25-22(16-19)23(28(35)30-25)17-26-21(20-6-3-4-8-24(20)29-26)7-5-11-31-12-14-32(15-13-31)27(34)18-33/h9-10,16-17,29,33H,2-8,11-15,18H2,1H3,(H,30,35)/b23-17-. The number of H-pyrrole nitrogens is 1. The molecule has 2 amide bonds. The predicted octanol–water partition coefficient (Wildman–Crippen LogP) is 2.25. The maximum atomic E-state index is 12.9. The zero-order chi connectivity index (χ0) is 26.9. The van der Waals surface area contributed by atoms with Crippen LogP contribution in [0.3, 0.4) is 0 Å². The monoisotopic (exact) mass is 540 g/mol. The number of nitrogens with one attached hydrogen (secondary N) is 2. The van der Waals surface area contributed by atoms with Crippen molar-refractivity contribution in [3.63, 3.8) is 0 Å². The Labute approximate surface area is 223 Å². The molecule has 3 heterocycles. The normalized spacial score (nSPS) is 18.9. The van der Waals surface area contributed by atoms with Crippen molar-refractivity contribution in [2.75, 3.05) is 50.4 Å². The van der Waals surface area contributed by atoms with Gasteiger partial charge in [0.15, 0.2) is 9.84 Å². The first-order valence-electron chi connectivity index (χ1n) is 13.5. The van der Waals surface area contributed by atoms with Gasteiger partial charge in [0.25, 0.3) is 5.91 Å². The molecule has 5 rings (SSSR count). The van der Waals surface area contributed by atoms with Crippen LogP contribution in [0.4, 0.5) is 5.69 Å². The third-order valence-corrected chi connectivity index (χ3v) is 9.74. The van der Waals surface area contributed by atoms with Crippen LogP contribution in [-0.4, -0.2) is 85.2 Å². The molecular weight excluding hydrogens is 504 g/mol. The van der Waals surface area contributed by atoms with Crippen LogP contribution >= 0.6 is 0 Å². The minimum atomic E-state index is -3.39. The Morgan fingerprint density at radius 2 is 1.89 bits per heavy atom. The SMILES string of the molecule is CCS(=O)(=O)c1ccc2c(c1)/C(=C/c1[nH]c3c(c1CCCN1CCN(C(=O)CO)CC1)CCCC3)C(=O)N2. The minimum Gasteiger partial charge on any atom is -0.387 e. The number of nitrogens with zero attached hydrogens (tertiary/aromatic N) is 2. The molecule has 10 heteroatoms. The van der Waals surface area contributed by atoms with Crippen LogP contribution in [0, 0.1) is 0 Å². The van der Waals surface area contributed by atoms with E-state index in [0.717, 1.165) is 63.9 Å². The van der Waals surface area contributed by atoms with E-state index in [-0.39, 0.29) is 22.5 Å². The van der Waals surface area contributed by atoms with Crippen LogP contribution in [0.15, 0.2) is 23.1 Å². The van der Waals surface area contributed by atoms with Crippen LogP contribution < -0.4 is 5.32 Å². The Balaban J connectivity index is 1.37. The zero-order valence-corrected chi connectivity index (χ0v) is 22.7. The van der Waals surface area contributed by atoms with Gasteiger partial charge in [0.1, 0.15) is 6.61 Å². The van der Waals surface area contributed by atoms with Crippen LogP contribution in [-0.2, 0) is 38.7 Å². The highest BCUT2D eigenvalue weighted by Crippen LogP contribution is 2.37. The number of aromatic amines is 1. The van der Waals surface area contributed by atoms with E-state index in [1.165, 1.54) is 16.8 Å². The van der Waals surface area contributed by atoms with E-state index in [0.29, 0.717) is 29.9 Å². The quantitative estimate of drug-likeness (QED) is 0.442. The average Bonchev–Trinajstić information content (AvgIpc) is 3.44. The first-order valence-corrected chi connectivity index (χ1v) is 15.2. The second kappa shape index (κ2) is 11.0. The fourth-order valence-electron chi connectivity index (χ4n) is 5.80. The van der Waals surface area contributed by atoms with E-state index in [1.54, 1.807) is 30.0 Å². The van der Waals surface area contributed by atoms with E-state index < -0.39 is 16.4 Å². The van der Waals surface area contributed by atoms with Crippen LogP contribution in [0.25, 0.3) is 11.6 Å². The Bertz CT molecular complexity index is 1370. The number of hydrogen-bond donors (Lipinski definition) is 3. The number of aliphatic hydroxyl groups excluding tert-OH is 1. The van der Waals surface area contributed by atoms with Crippen LogP contribution in [0.2, 0.25) is 0 Å². The van der Waals surface area contributed by atoms with Crippen molar-refractivity contribution in [2.24, 2.45) is 0 Å². The molecule has 0 radical (unpaired) electrons. The number of anilines is 1. The second-order valence-corrected chi connectivity index (χ2v) is 12.6. The summed E-state index contributed by atoms with van der Waals surface area (Å²) >= 11 is 0. The van der Waals surface area contributed by atoms with E-state index in [2.05, 4.69) is 15.2 Å². The Kier molecular flexibility index (Phi) is 7.74. The number of aromatic nitrogens is 1. The summed E-state index contributed by atoms with van der Waals surface area (Å²) in [6.07, 6.45) is 8.03. The molecule has 1 aliphatic carbocycles. The topological polar surface area (TPSA) is 123 Å². The average molecular weight is 541 g/mol. The number of amides is 2. The summed E-state index contributed by atoms with van der Waals surface area (Å²) in [6, 6.07) is 4.84. The van der Waals surface area contributed by atoms with Gasteiger partial charge in [0.05, 0.1) is 16.2 Å². The van der Waals surface area contributed by atoms with E-state index in [1.807, 2.05) is 6.08 Å². The lowest BCUT2D eigenvalue weighted by Gasteiger charge is -2.34. The van der Waals surface area contributed by atoms with Gasteiger partial charge in [0, 0.05) is 48.8 Å². The van der Waals surface area contributed by atoms with Gasteiger partial charge in [-0.1, -0.05) is 6.92 Å². The molecule has 38 heavy (non-hydrogen) atoms. The highest BCUT2D eigenvalue weighted by molar-refractivity contribution is 7.91. The lowest BCUT2D eigenvalue weighted by atomic mass is 9.92. The molecule has 3 aliphatic rings. The lowest BCUT2D eigenvalue weighted by molar-refractivity contribution is -0.135. The second-order valence-electron chi connectivity index (χ2n) is 10.3. The Morgan fingerprint density at radius 3 is 2.63 bits per heavy atom. The maximum absolute atomic E-state index is 12.9. The zero-order valence-electron chi connectivity index (χ0n) is 21.9. The third kappa shape index (κ3) is 5.30. The number of carbonyl (C=O) groups excluding carboxylic acids is 2. The smallest absolute Gasteiger partial charge is 0.256 e. The molecule has 1 saturated heterocycles. The maximum Gasteiger partial charge on any atom is 0.256 e. The molecular formula is C28H36N4O5S. The molecule has 1 aromatic heterocycles. The van der Waals surface area contributed by atoms with Gasteiger partial charge in [-0.3, -0.25) is 14.5 Å². The molecule has 0 bridgehead atoms. The molecule has 3 N–H and O–H groups in total. The highest BCUT2D eigenvalue weighted by Gasteiger charge is 2.28. The summed E-state index contributed by atoms with van der Waals surface area (Å²) < 4.78 is 25.0. The summed E-state index contributed by atoms with van der Waals surface area (Å²) in [4.78, 5) is 32.6. The van der Waals surface area contributed by atoms with Crippen molar-refractivity contribution in [1.82, 2.24) is 14.8 Å². The predicted molar refractivity (Wildman–Crippen MR) is 147 cm³/mol. The highest BCUT2D eigenvalue weighted by atomic mass is 32.2. The number of hydrogen-bond acceptors (Lipinski definition) is 6. The molecule has 2 aromatic rings. The summed E-state index contributed by atoms with van der Waals surface area (Å²) in [5, 5.41) is 12.0. The van der Waals surface area contributed by atoms with Gasteiger partial charge in [-0.05, 0) is 80.5 Å². The van der Waals surface area contributed by atoms with Crippen molar-refractivity contribution < 1.29 is 23.1 Å². The number of carbonyl (C=O) groups is 2. The summed E-state index contributed by atoms with van der Waals surface area (Å²) in [7, 11) is -3.39. The fraction of sp³-hybridized carbons (Fsp3) is 0.500. The van der Waals surface area contributed by atoms with Crippen molar-refractivity contribution in [3.8, 4) is 0 Å². The van der Waals surface area contributed by atoms with Gasteiger partial charge in [0.2, 0.25) is 5.91 Å². The van der Waals surface area contributed by atoms with Gasteiger partial charge in [-0.2, -0.15) is 0 Å². The first kappa shape index (κ1) is 26.6. The number of fused-ring (bicyclic) bond motifs is 2. The first-order chi connectivity index (χ1) is 18.3. The van der Waals surface area contributed by atoms with Crippen molar-refractivity contribution >= 4 is 39.0 Å². The number of rotatable bonds is 8. The number of sulfone groups is 1. The molecule has 0 atom stereocenters. The minimum absolute atomic E-state index is 0.00645. The van der Waals surface area contributed by atoms with Crippen LogP contribution in [0.5, 0.6) is 0 Å². The summed E-state index contributed by atoms with van der Waals surface area (Å²) in [5.74, 6) is -0.426. The number of piperazine rings is 1. The van der Waals surface area contributed by atoms with Gasteiger partial charge < -0.3 is 20.3 Å². The Hall–Kier alpha value is -2.95. The van der Waals surface area contributed by atoms with Crippen molar-refractivity contribution in [3.05, 3.63) is 46.3 Å². The number of benzene rings is 1. The van der Waals surface area contributed by atoms with E-state index in [4.69, 9.17) is 5.11 Å². The van der Waals surface area contributed by atoms with Gasteiger partial charge >= 0.3 is 0 Å². The van der Waals surface area contributed by atoms with E-state index in [9.17, 15) is 18.0 Å². The molecule has 0 saturated carbocycles. The van der Waals surface area contributed by atoms with Crippen molar-refractivity contribution in [2.45, 2.75) is 50.3 Å². The molecule has 204 valence electrons. The summed E-state index contributed by atoms with van der Waals surface area (Å²) in [5.41, 5.74) is 6.54. The Morgan fingerprint density at radius 1 is 1.13 bits per heavy atom. The molecule has 9 nitrogen and oxygen atoms in total. The molecule has 0 spiro atoms. The largest absolute Gasteiger partial charge is 0.387 e. The number of aliphatic hydroxyl groups is 1. The lowest BCUT2D eigenvalue weighted by Crippen LogP contribution is -2.49. The van der Waals surface area contributed by atoms with E-state index >= 15 is 0 Å². The van der Waals surface area contributed by atoms with Crippen molar-refractivity contribution in [1.29, 1.82) is 0 Å². The van der Waals surface area contributed by atoms with Gasteiger partial charge in [-0.15, -0.1) is 0 Å². The number of aryl methyl sites for hydroxylation is 1. The molecule has 1 aromatic carbocycles. The molecule has 0 unspecified atom stereocenters.